The fourth-order valence-electron chi connectivity index (χ4n) is 1.67. The number of benzene rings is 1. The highest BCUT2D eigenvalue weighted by atomic mass is 16.6. The maximum Gasteiger partial charge on any atom is 0.328 e. The van der Waals surface area contributed by atoms with E-state index in [1.807, 2.05) is 0 Å². The van der Waals surface area contributed by atoms with E-state index >= 15 is 0 Å². The Kier molecular flexibility index (Phi) is 5.61. The van der Waals surface area contributed by atoms with Crippen molar-refractivity contribution in [3.05, 3.63) is 33.9 Å². The molecule has 0 aliphatic heterocycles. The lowest BCUT2D eigenvalue weighted by atomic mass is 10.0. The van der Waals surface area contributed by atoms with Gasteiger partial charge in [0.15, 0.2) is 5.75 Å². The molecule has 0 saturated carbocycles. The molecule has 0 aliphatic carbocycles. The molecule has 9 heteroatoms. The molecule has 114 valence electrons. The van der Waals surface area contributed by atoms with Gasteiger partial charge in [-0.05, 0) is 11.6 Å². The molecule has 1 aromatic rings. The number of methoxy groups -OCH3 is 1. The Hall–Kier alpha value is -2.68. The normalized spacial score (nSPS) is 11.5. The minimum atomic E-state index is -1.02. The number of amides is 1. The first-order valence-corrected chi connectivity index (χ1v) is 5.92. The summed E-state index contributed by atoms with van der Waals surface area (Å²) in [5, 5.41) is 22.5. The van der Waals surface area contributed by atoms with Gasteiger partial charge in [-0.25, -0.2) is 4.79 Å². The fraction of sp³-hybridized carbons (Fsp3) is 0.333. The van der Waals surface area contributed by atoms with E-state index in [1.54, 1.807) is 0 Å². The van der Waals surface area contributed by atoms with Gasteiger partial charge in [0.25, 0.3) is 0 Å². The number of nitro groups is 1. The predicted molar refractivity (Wildman–Crippen MR) is 71.5 cm³/mol. The average Bonchev–Trinajstić information content (AvgIpc) is 2.46. The van der Waals surface area contributed by atoms with Crippen LogP contribution in [-0.4, -0.2) is 41.6 Å². The van der Waals surface area contributed by atoms with Crippen LogP contribution in [0, 0.1) is 10.1 Å². The van der Waals surface area contributed by atoms with Crippen molar-refractivity contribution in [1.82, 2.24) is 5.32 Å². The smallest absolute Gasteiger partial charge is 0.328 e. The summed E-state index contributed by atoms with van der Waals surface area (Å²) < 4.78 is 4.55. The Morgan fingerprint density at radius 1 is 1.52 bits per heavy atom. The largest absolute Gasteiger partial charge is 0.502 e. The van der Waals surface area contributed by atoms with Crippen molar-refractivity contribution in [3.8, 4) is 5.75 Å². The van der Waals surface area contributed by atoms with Gasteiger partial charge in [-0.2, -0.15) is 0 Å². The Morgan fingerprint density at radius 2 is 2.19 bits per heavy atom. The first-order valence-electron chi connectivity index (χ1n) is 5.92. The summed E-state index contributed by atoms with van der Waals surface area (Å²) in [5.74, 6) is -1.74. The van der Waals surface area contributed by atoms with Crippen LogP contribution in [0.4, 0.5) is 5.69 Å². The van der Waals surface area contributed by atoms with Gasteiger partial charge in [-0.1, -0.05) is 6.07 Å². The van der Waals surface area contributed by atoms with Crippen molar-refractivity contribution in [1.29, 1.82) is 0 Å². The average molecular weight is 297 g/mol. The standard InChI is InChI=1S/C12H15N3O6/c1-21-12(18)8(14-11(17)6-13)4-7-2-3-10(16)9(5-7)15(19)20/h2-3,5,8,16H,4,6,13H2,1H3,(H,14,17)/t8-/m0/s1. The van der Waals surface area contributed by atoms with Crippen LogP contribution in [0.25, 0.3) is 0 Å². The van der Waals surface area contributed by atoms with Crippen LogP contribution in [0.2, 0.25) is 0 Å². The maximum atomic E-state index is 11.6. The van der Waals surface area contributed by atoms with Crippen LogP contribution >= 0.6 is 0 Å². The first kappa shape index (κ1) is 16.4. The zero-order valence-corrected chi connectivity index (χ0v) is 11.2. The Labute approximate surface area is 119 Å². The second kappa shape index (κ2) is 7.20. The van der Waals surface area contributed by atoms with Crippen molar-refractivity contribution >= 4 is 17.6 Å². The van der Waals surface area contributed by atoms with Crippen molar-refractivity contribution < 1.29 is 24.4 Å². The summed E-state index contributed by atoms with van der Waals surface area (Å²) in [5.41, 5.74) is 5.05. The molecule has 1 atom stereocenters. The molecule has 0 saturated heterocycles. The van der Waals surface area contributed by atoms with E-state index in [4.69, 9.17) is 5.73 Å². The SMILES string of the molecule is COC(=O)[C@H](Cc1ccc(O)c([N+](=O)[O-])c1)NC(=O)CN. The van der Waals surface area contributed by atoms with Crippen LogP contribution in [0.1, 0.15) is 5.56 Å². The zero-order chi connectivity index (χ0) is 16.0. The predicted octanol–water partition coefficient (Wildman–Crippen LogP) is -0.541. The Balaban J connectivity index is 2.98. The number of nitrogens with one attached hydrogen (secondary N) is 1. The third-order valence-corrected chi connectivity index (χ3v) is 2.68. The second-order valence-electron chi connectivity index (χ2n) is 4.13. The minimum Gasteiger partial charge on any atom is -0.502 e. The number of carbonyl (C=O) groups is 2. The van der Waals surface area contributed by atoms with Crippen LogP contribution in [0.15, 0.2) is 18.2 Å². The number of nitro benzene ring substituents is 1. The van der Waals surface area contributed by atoms with E-state index in [9.17, 15) is 24.8 Å². The molecule has 0 aliphatic rings. The number of hydrogen-bond donors (Lipinski definition) is 3. The molecule has 1 rings (SSSR count). The maximum absolute atomic E-state index is 11.6. The first-order chi connectivity index (χ1) is 9.88. The van der Waals surface area contributed by atoms with Crippen molar-refractivity contribution in [2.24, 2.45) is 5.73 Å². The topological polar surface area (TPSA) is 145 Å². The second-order valence-corrected chi connectivity index (χ2v) is 4.13. The third-order valence-electron chi connectivity index (χ3n) is 2.68. The summed E-state index contributed by atoms with van der Waals surface area (Å²) in [6.45, 7) is -0.302. The summed E-state index contributed by atoms with van der Waals surface area (Å²) in [6, 6.07) is 2.66. The molecule has 4 N–H and O–H groups in total. The highest BCUT2D eigenvalue weighted by Gasteiger charge is 2.23. The number of ether oxygens (including phenoxy) is 1. The molecule has 9 nitrogen and oxygen atoms in total. The van der Waals surface area contributed by atoms with Crippen molar-refractivity contribution in [2.45, 2.75) is 12.5 Å². The van der Waals surface area contributed by atoms with E-state index in [1.165, 1.54) is 6.07 Å². The number of hydrogen-bond acceptors (Lipinski definition) is 7. The quantitative estimate of drug-likeness (QED) is 0.363. The van der Waals surface area contributed by atoms with Crippen LogP contribution in [-0.2, 0) is 20.7 Å². The summed E-state index contributed by atoms with van der Waals surface area (Å²) in [4.78, 5) is 32.9. The van der Waals surface area contributed by atoms with Crippen LogP contribution in [0.5, 0.6) is 5.75 Å². The van der Waals surface area contributed by atoms with Gasteiger partial charge in [0.05, 0.1) is 18.6 Å². The van der Waals surface area contributed by atoms with Gasteiger partial charge in [-0.15, -0.1) is 0 Å². The fourth-order valence-corrected chi connectivity index (χ4v) is 1.67. The number of esters is 1. The summed E-state index contributed by atoms with van der Waals surface area (Å²) in [6.07, 6.45) is -0.0282. The minimum absolute atomic E-state index is 0.0282. The molecule has 0 aromatic heterocycles. The number of phenolic OH excluding ortho intramolecular Hbond substituents is 1. The van der Waals surface area contributed by atoms with E-state index < -0.39 is 34.3 Å². The van der Waals surface area contributed by atoms with Crippen molar-refractivity contribution in [3.63, 3.8) is 0 Å². The molecule has 0 radical (unpaired) electrons. The van der Waals surface area contributed by atoms with E-state index in [-0.39, 0.29) is 13.0 Å². The number of rotatable bonds is 6. The number of nitrogens with two attached hydrogens (primary N) is 1. The molecule has 1 aromatic carbocycles. The molecule has 0 bridgehead atoms. The Bertz CT molecular complexity index is 560. The summed E-state index contributed by atoms with van der Waals surface area (Å²) in [7, 11) is 1.16. The lowest BCUT2D eigenvalue weighted by Gasteiger charge is -2.16. The van der Waals surface area contributed by atoms with Gasteiger partial charge in [-0.3, -0.25) is 14.9 Å². The van der Waals surface area contributed by atoms with Crippen LogP contribution < -0.4 is 11.1 Å². The van der Waals surface area contributed by atoms with Gasteiger partial charge in [0.1, 0.15) is 6.04 Å². The molecular formula is C12H15N3O6. The molecular weight excluding hydrogens is 282 g/mol. The third kappa shape index (κ3) is 4.42. The monoisotopic (exact) mass is 297 g/mol. The van der Waals surface area contributed by atoms with Crippen LogP contribution in [0.3, 0.4) is 0 Å². The number of carbonyl (C=O) groups excluding carboxylic acids is 2. The number of aromatic hydroxyl groups is 1. The highest BCUT2D eigenvalue weighted by molar-refractivity contribution is 5.85. The lowest BCUT2D eigenvalue weighted by molar-refractivity contribution is -0.385. The van der Waals surface area contributed by atoms with Gasteiger partial charge in [0, 0.05) is 12.5 Å². The van der Waals surface area contributed by atoms with E-state index in [0.717, 1.165) is 19.2 Å². The molecule has 1 amide bonds. The van der Waals surface area contributed by atoms with E-state index in [0.29, 0.717) is 5.56 Å². The van der Waals surface area contributed by atoms with Crippen molar-refractivity contribution in [2.75, 3.05) is 13.7 Å². The van der Waals surface area contributed by atoms with E-state index in [2.05, 4.69) is 10.1 Å². The molecule has 0 spiro atoms. The molecule has 0 heterocycles. The summed E-state index contributed by atoms with van der Waals surface area (Å²) >= 11 is 0. The number of nitrogens with zero attached hydrogens (tertiary/aromatic N) is 1. The van der Waals surface area contributed by atoms with Gasteiger partial charge in [0.2, 0.25) is 5.91 Å². The highest BCUT2D eigenvalue weighted by Crippen LogP contribution is 2.26. The van der Waals surface area contributed by atoms with Gasteiger partial charge < -0.3 is 20.9 Å². The van der Waals surface area contributed by atoms with Gasteiger partial charge >= 0.3 is 11.7 Å². The zero-order valence-electron chi connectivity index (χ0n) is 11.2. The molecule has 21 heavy (non-hydrogen) atoms. The number of phenols is 1. The molecule has 0 fully saturated rings. The lowest BCUT2D eigenvalue weighted by Crippen LogP contribution is -2.45. The molecule has 0 unspecified atom stereocenters. The Morgan fingerprint density at radius 3 is 2.71 bits per heavy atom.